The molecule has 6 heteroatoms. The molecule has 1 aromatic rings. The van der Waals surface area contributed by atoms with Crippen molar-refractivity contribution in [2.24, 2.45) is 11.8 Å². The van der Waals surface area contributed by atoms with E-state index in [0.717, 1.165) is 42.7 Å². The smallest absolute Gasteiger partial charge is 0.225 e. The van der Waals surface area contributed by atoms with Gasteiger partial charge in [0.25, 0.3) is 0 Å². The number of benzene rings is 1. The first-order chi connectivity index (χ1) is 13.4. The zero-order chi connectivity index (χ0) is 20.3. The van der Waals surface area contributed by atoms with Crippen LogP contribution >= 0.6 is 0 Å². The van der Waals surface area contributed by atoms with Crippen molar-refractivity contribution in [3.63, 3.8) is 0 Å². The van der Waals surface area contributed by atoms with E-state index in [0.29, 0.717) is 13.1 Å². The van der Waals surface area contributed by atoms with E-state index < -0.39 is 0 Å². The van der Waals surface area contributed by atoms with Gasteiger partial charge in [0.2, 0.25) is 11.8 Å². The number of nitrogens with one attached hydrogen (secondary N) is 1. The lowest BCUT2D eigenvalue weighted by Crippen LogP contribution is -2.39. The average Bonchev–Trinajstić information content (AvgIpc) is 3.36. The maximum Gasteiger partial charge on any atom is 0.225 e. The fraction of sp³-hybridized carbons (Fsp3) is 0.636. The molecule has 0 bridgehead atoms. The van der Waals surface area contributed by atoms with Crippen molar-refractivity contribution in [1.82, 2.24) is 10.2 Å². The van der Waals surface area contributed by atoms with Gasteiger partial charge >= 0.3 is 0 Å². The summed E-state index contributed by atoms with van der Waals surface area (Å²) in [7, 11) is 3.25. The van der Waals surface area contributed by atoms with Gasteiger partial charge in [-0.25, -0.2) is 0 Å². The van der Waals surface area contributed by atoms with Crippen LogP contribution in [-0.2, 0) is 9.59 Å². The zero-order valence-electron chi connectivity index (χ0n) is 17.4. The Hall–Kier alpha value is -2.24. The molecule has 6 nitrogen and oxygen atoms in total. The summed E-state index contributed by atoms with van der Waals surface area (Å²) in [6, 6.07) is 5.71. The Balaban J connectivity index is 1.91. The summed E-state index contributed by atoms with van der Waals surface area (Å²) in [5, 5.41) is 3.03. The van der Waals surface area contributed by atoms with Crippen molar-refractivity contribution in [2.75, 3.05) is 27.3 Å². The van der Waals surface area contributed by atoms with Crippen molar-refractivity contribution in [2.45, 2.75) is 51.5 Å². The zero-order valence-corrected chi connectivity index (χ0v) is 17.4. The SMILES string of the molecule is COc1ccc(OC)c([C@@H]2CN(C(=O)C3CCCC3)C[C@@H]2C(=O)NC(C)C)c1. The summed E-state index contributed by atoms with van der Waals surface area (Å²) in [6.45, 7) is 4.90. The molecule has 2 atom stereocenters. The second-order valence-corrected chi connectivity index (χ2v) is 8.21. The summed E-state index contributed by atoms with van der Waals surface area (Å²) < 4.78 is 11.0. The van der Waals surface area contributed by atoms with Gasteiger partial charge < -0.3 is 19.7 Å². The highest BCUT2D eigenvalue weighted by molar-refractivity contribution is 5.84. The fourth-order valence-corrected chi connectivity index (χ4v) is 4.52. The summed E-state index contributed by atoms with van der Waals surface area (Å²) in [5.74, 6) is 1.33. The number of rotatable bonds is 6. The number of nitrogens with zero attached hydrogens (tertiary/aromatic N) is 1. The Labute approximate surface area is 167 Å². The predicted molar refractivity (Wildman–Crippen MR) is 108 cm³/mol. The van der Waals surface area contributed by atoms with Crippen LogP contribution in [0.4, 0.5) is 0 Å². The standard InChI is InChI=1S/C22H32N2O4/c1-14(2)23-21(25)19-13-24(22(26)15-7-5-6-8-15)12-18(19)17-11-16(27-3)9-10-20(17)28-4/h9-11,14-15,18-19H,5-8,12-13H2,1-4H3,(H,23,25)/t18-,19-/m0/s1. The third kappa shape index (κ3) is 4.26. The number of methoxy groups -OCH3 is 2. The first kappa shape index (κ1) is 20.5. The third-order valence-corrected chi connectivity index (χ3v) is 5.94. The van der Waals surface area contributed by atoms with Crippen LogP contribution in [0.3, 0.4) is 0 Å². The molecule has 2 aliphatic rings. The molecule has 0 aromatic heterocycles. The van der Waals surface area contributed by atoms with Crippen LogP contribution in [0.15, 0.2) is 18.2 Å². The predicted octanol–water partition coefficient (Wildman–Crippen LogP) is 2.96. The van der Waals surface area contributed by atoms with Gasteiger partial charge in [0.1, 0.15) is 11.5 Å². The van der Waals surface area contributed by atoms with Gasteiger partial charge in [0.15, 0.2) is 0 Å². The second kappa shape index (κ2) is 8.84. The van der Waals surface area contributed by atoms with E-state index in [1.165, 1.54) is 0 Å². The molecule has 2 fully saturated rings. The van der Waals surface area contributed by atoms with Crippen LogP contribution in [0.25, 0.3) is 0 Å². The highest BCUT2D eigenvalue weighted by Gasteiger charge is 2.43. The molecule has 28 heavy (non-hydrogen) atoms. The summed E-state index contributed by atoms with van der Waals surface area (Å²) in [6.07, 6.45) is 4.17. The van der Waals surface area contributed by atoms with Gasteiger partial charge in [0, 0.05) is 36.5 Å². The van der Waals surface area contributed by atoms with Crippen LogP contribution in [0, 0.1) is 11.8 Å². The molecule has 0 unspecified atom stereocenters. The molecular weight excluding hydrogens is 356 g/mol. The molecule has 3 rings (SSSR count). The fourth-order valence-electron chi connectivity index (χ4n) is 4.52. The van der Waals surface area contributed by atoms with Crippen molar-refractivity contribution in [3.05, 3.63) is 23.8 Å². The molecule has 1 saturated heterocycles. The van der Waals surface area contributed by atoms with Crippen molar-refractivity contribution < 1.29 is 19.1 Å². The number of hydrogen-bond donors (Lipinski definition) is 1. The molecule has 1 heterocycles. The lowest BCUT2D eigenvalue weighted by molar-refractivity contribution is -0.134. The summed E-state index contributed by atoms with van der Waals surface area (Å²) in [4.78, 5) is 27.9. The monoisotopic (exact) mass is 388 g/mol. The Morgan fingerprint density at radius 3 is 2.43 bits per heavy atom. The number of hydrogen-bond acceptors (Lipinski definition) is 4. The lowest BCUT2D eigenvalue weighted by atomic mass is 9.87. The molecule has 1 aliphatic heterocycles. The molecule has 1 aliphatic carbocycles. The van der Waals surface area contributed by atoms with Crippen LogP contribution in [0.5, 0.6) is 11.5 Å². The molecular formula is C22H32N2O4. The lowest BCUT2D eigenvalue weighted by Gasteiger charge is -2.22. The molecule has 1 N–H and O–H groups in total. The summed E-state index contributed by atoms with van der Waals surface area (Å²) in [5.41, 5.74) is 0.924. The van der Waals surface area contributed by atoms with Gasteiger partial charge in [-0.05, 0) is 44.9 Å². The largest absolute Gasteiger partial charge is 0.497 e. The highest BCUT2D eigenvalue weighted by atomic mass is 16.5. The van der Waals surface area contributed by atoms with E-state index in [9.17, 15) is 9.59 Å². The van der Waals surface area contributed by atoms with Crippen LogP contribution in [0.2, 0.25) is 0 Å². The van der Waals surface area contributed by atoms with E-state index in [1.54, 1.807) is 14.2 Å². The normalized spacial score (nSPS) is 22.5. The van der Waals surface area contributed by atoms with Crippen molar-refractivity contribution in [3.8, 4) is 11.5 Å². The number of likely N-dealkylation sites (tertiary alicyclic amines) is 1. The Kier molecular flexibility index (Phi) is 6.47. The van der Waals surface area contributed by atoms with E-state index in [4.69, 9.17) is 9.47 Å². The molecule has 154 valence electrons. The van der Waals surface area contributed by atoms with E-state index in [2.05, 4.69) is 5.32 Å². The quantitative estimate of drug-likeness (QED) is 0.814. The molecule has 2 amide bonds. The first-order valence-corrected chi connectivity index (χ1v) is 10.3. The minimum absolute atomic E-state index is 0.00778. The number of ether oxygens (including phenoxy) is 2. The topological polar surface area (TPSA) is 67.9 Å². The molecule has 0 radical (unpaired) electrons. The van der Waals surface area contributed by atoms with Crippen LogP contribution in [0.1, 0.15) is 51.0 Å². The molecule has 1 aromatic carbocycles. The van der Waals surface area contributed by atoms with Gasteiger partial charge in [-0.2, -0.15) is 0 Å². The van der Waals surface area contributed by atoms with Gasteiger partial charge in [-0.3, -0.25) is 9.59 Å². The van der Waals surface area contributed by atoms with Gasteiger partial charge in [-0.1, -0.05) is 12.8 Å². The van der Waals surface area contributed by atoms with E-state index in [1.807, 2.05) is 36.9 Å². The van der Waals surface area contributed by atoms with Crippen molar-refractivity contribution in [1.29, 1.82) is 0 Å². The van der Waals surface area contributed by atoms with Crippen LogP contribution < -0.4 is 14.8 Å². The van der Waals surface area contributed by atoms with E-state index in [-0.39, 0.29) is 35.6 Å². The maximum atomic E-state index is 13.0. The number of amides is 2. The maximum absolute atomic E-state index is 13.0. The second-order valence-electron chi connectivity index (χ2n) is 8.21. The minimum atomic E-state index is -0.297. The average molecular weight is 389 g/mol. The van der Waals surface area contributed by atoms with Crippen LogP contribution in [-0.4, -0.2) is 50.1 Å². The van der Waals surface area contributed by atoms with Gasteiger partial charge in [0.05, 0.1) is 20.1 Å². The Bertz CT molecular complexity index is 712. The Morgan fingerprint density at radius 2 is 1.82 bits per heavy atom. The minimum Gasteiger partial charge on any atom is -0.497 e. The van der Waals surface area contributed by atoms with Crippen molar-refractivity contribution >= 4 is 11.8 Å². The number of carbonyl (C=O) groups excluding carboxylic acids is 2. The first-order valence-electron chi connectivity index (χ1n) is 10.3. The Morgan fingerprint density at radius 1 is 1.11 bits per heavy atom. The summed E-state index contributed by atoms with van der Waals surface area (Å²) >= 11 is 0. The third-order valence-electron chi connectivity index (χ3n) is 5.94. The van der Waals surface area contributed by atoms with E-state index >= 15 is 0 Å². The van der Waals surface area contributed by atoms with Gasteiger partial charge in [-0.15, -0.1) is 0 Å². The number of carbonyl (C=O) groups is 2. The molecule has 0 spiro atoms. The molecule has 1 saturated carbocycles. The highest BCUT2D eigenvalue weighted by Crippen LogP contribution is 2.40.